The maximum atomic E-state index is 10.3. The molecule has 0 unspecified atom stereocenters. The van der Waals surface area contributed by atoms with Gasteiger partial charge in [-0.05, 0) is 51.0 Å². The predicted molar refractivity (Wildman–Crippen MR) is 128 cm³/mol. The minimum atomic E-state index is -0.0348. The molecule has 0 saturated carbocycles. The Morgan fingerprint density at radius 1 is 1.21 bits per heavy atom. The van der Waals surface area contributed by atoms with Gasteiger partial charge in [-0.2, -0.15) is 5.26 Å². The molecule has 4 aromatic rings. The number of fused-ring (bicyclic) bond motifs is 3. The highest BCUT2D eigenvalue weighted by atomic mass is 32.2. The minimum absolute atomic E-state index is 0.0348. The van der Waals surface area contributed by atoms with E-state index in [1.165, 1.54) is 6.20 Å². The molecule has 0 bridgehead atoms. The van der Waals surface area contributed by atoms with Gasteiger partial charge >= 0.3 is 0 Å². The molecule has 1 aliphatic heterocycles. The van der Waals surface area contributed by atoms with Crippen LogP contribution in [0.1, 0.15) is 30.8 Å². The Morgan fingerprint density at radius 3 is 2.88 bits per heavy atom. The fourth-order valence-corrected chi connectivity index (χ4v) is 5.29. The first-order valence-corrected chi connectivity index (χ1v) is 11.7. The third-order valence-corrected chi connectivity index (χ3v) is 7.08. The third kappa shape index (κ3) is 3.87. The lowest BCUT2D eigenvalue weighted by atomic mass is 10.0. The lowest BCUT2D eigenvalue weighted by molar-refractivity contribution is 0.404. The van der Waals surface area contributed by atoms with Gasteiger partial charge < -0.3 is 10.4 Å². The molecule has 0 amide bonds. The van der Waals surface area contributed by atoms with Gasteiger partial charge in [-0.1, -0.05) is 17.8 Å². The van der Waals surface area contributed by atoms with Crippen LogP contribution in [-0.2, 0) is 12.0 Å². The smallest absolute Gasteiger partial charge is 0.171 e. The Bertz CT molecular complexity index is 1420. The van der Waals surface area contributed by atoms with Crippen LogP contribution < -0.4 is 5.32 Å². The molecule has 3 aromatic heterocycles. The number of imidazole rings is 1. The monoisotopic (exact) mass is 457 g/mol. The number of nitrogens with one attached hydrogen (secondary N) is 1. The van der Waals surface area contributed by atoms with E-state index in [-0.39, 0.29) is 11.3 Å². The molecule has 166 valence electrons. The molecule has 0 saturated heterocycles. The number of aromatic nitrogens is 5. The zero-order chi connectivity index (χ0) is 23.2. The van der Waals surface area contributed by atoms with Crippen LogP contribution in [0.25, 0.3) is 22.3 Å². The first-order valence-electron chi connectivity index (χ1n) is 10.7. The highest BCUT2D eigenvalue weighted by molar-refractivity contribution is 7.99. The van der Waals surface area contributed by atoms with Crippen LogP contribution in [0.2, 0.25) is 0 Å². The van der Waals surface area contributed by atoms with Crippen molar-refractivity contribution >= 4 is 28.7 Å². The maximum Gasteiger partial charge on any atom is 0.171 e. The zero-order valence-corrected chi connectivity index (χ0v) is 19.4. The number of pyridine rings is 1. The van der Waals surface area contributed by atoms with E-state index in [1.807, 2.05) is 19.1 Å². The number of phenolic OH excluding ortho intramolecular Hbond substituents is 1. The number of benzene rings is 1. The molecule has 0 spiro atoms. The summed E-state index contributed by atoms with van der Waals surface area (Å²) in [5, 5.41) is 23.9. The second-order valence-electron chi connectivity index (χ2n) is 8.72. The number of rotatable bonds is 5. The number of nitrogens with zero attached hydrogens (tertiary/aromatic N) is 6. The summed E-state index contributed by atoms with van der Waals surface area (Å²) >= 11 is 1.75. The van der Waals surface area contributed by atoms with Crippen molar-refractivity contribution in [2.24, 2.45) is 0 Å². The standard InChI is InChI=1S/C24H23N7OS/c1-14-28-21(20-22(29-14)31-23(30-20)33-13-24(31,2)3)27-7-6-15-4-5-19(32)18(9-15)17-8-16(10-25)11-26-12-17/h4-5,8-9,11-12,32H,6-7,13H2,1-3H3,(H,27,28,29). The van der Waals surface area contributed by atoms with Crippen LogP contribution in [0, 0.1) is 18.3 Å². The molecule has 5 rings (SSSR count). The lowest BCUT2D eigenvalue weighted by Crippen LogP contribution is -2.24. The zero-order valence-electron chi connectivity index (χ0n) is 18.6. The van der Waals surface area contributed by atoms with Crippen molar-refractivity contribution in [3.63, 3.8) is 0 Å². The molecule has 0 aliphatic carbocycles. The van der Waals surface area contributed by atoms with Gasteiger partial charge in [0.25, 0.3) is 0 Å². The number of nitriles is 1. The average Bonchev–Trinajstić information content (AvgIpc) is 3.32. The van der Waals surface area contributed by atoms with Crippen molar-refractivity contribution in [1.82, 2.24) is 24.5 Å². The van der Waals surface area contributed by atoms with E-state index in [1.54, 1.807) is 30.1 Å². The summed E-state index contributed by atoms with van der Waals surface area (Å²) in [6.45, 7) is 6.94. The van der Waals surface area contributed by atoms with Crippen molar-refractivity contribution in [2.75, 3.05) is 17.6 Å². The Labute approximate surface area is 195 Å². The molecule has 1 aliphatic rings. The van der Waals surface area contributed by atoms with E-state index in [2.05, 4.69) is 44.8 Å². The molecular formula is C24H23N7OS. The van der Waals surface area contributed by atoms with Gasteiger partial charge in [0.05, 0.1) is 11.1 Å². The summed E-state index contributed by atoms with van der Waals surface area (Å²) in [5.74, 6) is 2.58. The number of aromatic hydroxyl groups is 1. The summed E-state index contributed by atoms with van der Waals surface area (Å²) in [6.07, 6.45) is 3.87. The van der Waals surface area contributed by atoms with Crippen LogP contribution in [0.15, 0.2) is 41.8 Å². The van der Waals surface area contributed by atoms with Crippen molar-refractivity contribution in [3.8, 4) is 22.9 Å². The molecule has 4 heterocycles. The van der Waals surface area contributed by atoms with Gasteiger partial charge in [-0.15, -0.1) is 0 Å². The summed E-state index contributed by atoms with van der Waals surface area (Å²) in [5.41, 5.74) is 4.49. The molecule has 0 fully saturated rings. The minimum Gasteiger partial charge on any atom is -0.507 e. The van der Waals surface area contributed by atoms with E-state index < -0.39 is 0 Å². The molecule has 0 atom stereocenters. The fourth-order valence-electron chi connectivity index (χ4n) is 4.06. The van der Waals surface area contributed by atoms with Crippen LogP contribution in [0.4, 0.5) is 5.82 Å². The summed E-state index contributed by atoms with van der Waals surface area (Å²) < 4.78 is 2.21. The topological polar surface area (TPSA) is 113 Å². The fraction of sp³-hybridized carbons (Fsp3) is 0.292. The van der Waals surface area contributed by atoms with Crippen molar-refractivity contribution in [2.45, 2.75) is 37.9 Å². The second-order valence-corrected chi connectivity index (χ2v) is 9.67. The van der Waals surface area contributed by atoms with Crippen molar-refractivity contribution < 1.29 is 5.11 Å². The lowest BCUT2D eigenvalue weighted by Gasteiger charge is -2.20. The third-order valence-electron chi connectivity index (χ3n) is 5.69. The van der Waals surface area contributed by atoms with Gasteiger partial charge in [0.1, 0.15) is 17.6 Å². The SMILES string of the molecule is Cc1nc(NCCc2ccc(O)c(-c3cncc(C#N)c3)c2)c2nc3n(c2n1)C(C)(C)CS3. The maximum absolute atomic E-state index is 10.3. The van der Waals surface area contributed by atoms with Gasteiger partial charge in [0.15, 0.2) is 22.1 Å². The molecule has 8 nitrogen and oxygen atoms in total. The van der Waals surface area contributed by atoms with E-state index in [4.69, 9.17) is 10.2 Å². The van der Waals surface area contributed by atoms with Crippen molar-refractivity contribution in [1.29, 1.82) is 5.26 Å². The Balaban J connectivity index is 1.38. The van der Waals surface area contributed by atoms with Crippen molar-refractivity contribution in [3.05, 3.63) is 53.6 Å². The van der Waals surface area contributed by atoms with E-state index in [0.29, 0.717) is 29.1 Å². The van der Waals surface area contributed by atoms with Crippen LogP contribution in [0.3, 0.4) is 0 Å². The van der Waals surface area contributed by atoms with Crippen LogP contribution in [0.5, 0.6) is 5.75 Å². The highest BCUT2D eigenvalue weighted by Gasteiger charge is 2.34. The first-order chi connectivity index (χ1) is 15.9. The van der Waals surface area contributed by atoms with Gasteiger partial charge in [0.2, 0.25) is 0 Å². The largest absolute Gasteiger partial charge is 0.507 e. The highest BCUT2D eigenvalue weighted by Crippen LogP contribution is 2.40. The van der Waals surface area contributed by atoms with E-state index in [9.17, 15) is 5.11 Å². The number of aryl methyl sites for hydroxylation is 1. The number of hydrogen-bond donors (Lipinski definition) is 2. The Hall–Kier alpha value is -3.64. The first kappa shape index (κ1) is 21.2. The van der Waals surface area contributed by atoms with Gasteiger partial charge in [-0.25, -0.2) is 15.0 Å². The predicted octanol–water partition coefficient (Wildman–Crippen LogP) is 4.27. The van der Waals surface area contributed by atoms with Gasteiger partial charge in [-0.3, -0.25) is 9.55 Å². The molecule has 1 aromatic carbocycles. The normalized spacial score (nSPS) is 14.2. The number of hydrogen-bond acceptors (Lipinski definition) is 8. The average molecular weight is 458 g/mol. The molecule has 2 N–H and O–H groups in total. The summed E-state index contributed by atoms with van der Waals surface area (Å²) in [4.78, 5) is 18.2. The summed E-state index contributed by atoms with van der Waals surface area (Å²) in [7, 11) is 0. The second kappa shape index (κ2) is 8.05. The number of thioether (sulfide) groups is 1. The molecule has 33 heavy (non-hydrogen) atoms. The Kier molecular flexibility index (Phi) is 5.17. The molecular weight excluding hydrogens is 434 g/mol. The van der Waals surface area contributed by atoms with Crippen LogP contribution >= 0.6 is 11.8 Å². The van der Waals surface area contributed by atoms with Crippen LogP contribution in [-0.4, -0.2) is 41.9 Å². The quantitative estimate of drug-likeness (QED) is 0.457. The summed E-state index contributed by atoms with van der Waals surface area (Å²) in [6, 6.07) is 9.31. The van der Waals surface area contributed by atoms with Gasteiger partial charge in [0, 0.05) is 35.8 Å². The molecule has 9 heteroatoms. The number of anilines is 1. The number of phenols is 1. The van der Waals surface area contributed by atoms with E-state index in [0.717, 1.165) is 39.9 Å². The molecule has 0 radical (unpaired) electrons. The Morgan fingerprint density at radius 2 is 2.06 bits per heavy atom. The van der Waals surface area contributed by atoms with E-state index >= 15 is 0 Å².